The number of benzene rings is 2. The zero-order valence-corrected chi connectivity index (χ0v) is 11.0. The molecule has 0 saturated carbocycles. The molecule has 18 heavy (non-hydrogen) atoms. The largest absolute Gasteiger partial charge is 0.457 e. The summed E-state index contributed by atoms with van der Waals surface area (Å²) >= 11 is 5.83. The normalized spacial score (nSPS) is 10.2. The first kappa shape index (κ1) is 12.7. The Kier molecular flexibility index (Phi) is 3.68. The van der Waals surface area contributed by atoms with Crippen LogP contribution in [0.4, 0.5) is 0 Å². The fraction of sp³-hybridized carbons (Fsp3) is 0.133. The lowest BCUT2D eigenvalue weighted by Crippen LogP contribution is -1.91. The van der Waals surface area contributed by atoms with Crippen molar-refractivity contribution in [3.8, 4) is 11.5 Å². The van der Waals surface area contributed by atoms with Crippen molar-refractivity contribution in [2.45, 2.75) is 13.8 Å². The maximum Gasteiger partial charge on any atom is 0.153 e. The van der Waals surface area contributed by atoms with Crippen LogP contribution in [-0.4, -0.2) is 6.29 Å². The number of carbonyl (C=O) groups excluding carboxylic acids is 1. The van der Waals surface area contributed by atoms with Gasteiger partial charge in [0, 0.05) is 5.02 Å². The minimum atomic E-state index is 0.445. The molecule has 2 aromatic carbocycles. The van der Waals surface area contributed by atoms with Crippen molar-refractivity contribution in [2.24, 2.45) is 0 Å². The van der Waals surface area contributed by atoms with Gasteiger partial charge in [-0.2, -0.15) is 0 Å². The van der Waals surface area contributed by atoms with Gasteiger partial charge in [0.25, 0.3) is 0 Å². The van der Waals surface area contributed by atoms with Gasteiger partial charge in [-0.15, -0.1) is 0 Å². The van der Waals surface area contributed by atoms with Crippen LogP contribution >= 0.6 is 11.6 Å². The fourth-order valence-corrected chi connectivity index (χ4v) is 1.79. The van der Waals surface area contributed by atoms with Gasteiger partial charge in [0.2, 0.25) is 0 Å². The van der Waals surface area contributed by atoms with Crippen molar-refractivity contribution in [2.75, 3.05) is 0 Å². The second-order valence-electron chi connectivity index (χ2n) is 4.15. The van der Waals surface area contributed by atoms with Gasteiger partial charge in [0.15, 0.2) is 6.29 Å². The predicted octanol–water partition coefficient (Wildman–Crippen LogP) is 4.56. The molecule has 0 aromatic heterocycles. The Hall–Kier alpha value is -1.80. The highest BCUT2D eigenvalue weighted by Crippen LogP contribution is 2.27. The number of carbonyl (C=O) groups is 1. The Morgan fingerprint density at radius 3 is 2.50 bits per heavy atom. The Balaban J connectivity index is 2.33. The second-order valence-corrected chi connectivity index (χ2v) is 4.58. The quantitative estimate of drug-likeness (QED) is 0.756. The van der Waals surface area contributed by atoms with Crippen molar-refractivity contribution < 1.29 is 9.53 Å². The van der Waals surface area contributed by atoms with E-state index in [-0.39, 0.29) is 0 Å². The van der Waals surface area contributed by atoms with Gasteiger partial charge < -0.3 is 4.74 Å². The van der Waals surface area contributed by atoms with E-state index in [1.807, 2.05) is 32.0 Å². The van der Waals surface area contributed by atoms with E-state index in [1.54, 1.807) is 18.2 Å². The maximum atomic E-state index is 11.0. The monoisotopic (exact) mass is 260 g/mol. The number of rotatable bonds is 3. The molecule has 0 aliphatic heterocycles. The van der Waals surface area contributed by atoms with Gasteiger partial charge in [0.05, 0.1) is 5.56 Å². The molecular weight excluding hydrogens is 248 g/mol. The third-order valence-corrected chi connectivity index (χ3v) is 3.04. The Morgan fingerprint density at radius 2 is 1.83 bits per heavy atom. The van der Waals surface area contributed by atoms with Crippen molar-refractivity contribution in [3.63, 3.8) is 0 Å². The van der Waals surface area contributed by atoms with Crippen molar-refractivity contribution in [1.82, 2.24) is 0 Å². The first-order valence-corrected chi connectivity index (χ1v) is 5.98. The molecule has 3 heteroatoms. The molecule has 0 unspecified atom stereocenters. The third-order valence-electron chi connectivity index (χ3n) is 2.80. The van der Waals surface area contributed by atoms with Gasteiger partial charge in [-0.25, -0.2) is 0 Å². The summed E-state index contributed by atoms with van der Waals surface area (Å²) < 4.78 is 5.70. The van der Waals surface area contributed by atoms with E-state index >= 15 is 0 Å². The van der Waals surface area contributed by atoms with Crippen LogP contribution in [0.25, 0.3) is 0 Å². The zero-order chi connectivity index (χ0) is 13.1. The van der Waals surface area contributed by atoms with Gasteiger partial charge >= 0.3 is 0 Å². The summed E-state index contributed by atoms with van der Waals surface area (Å²) in [4.78, 5) is 11.0. The standard InChI is InChI=1S/C15H13ClO2/c1-10-3-5-14(7-11(10)2)18-15-6-4-13(16)8-12(15)9-17/h3-9H,1-2H3. The van der Waals surface area contributed by atoms with Crippen LogP contribution < -0.4 is 4.74 Å². The summed E-state index contributed by atoms with van der Waals surface area (Å²) in [6.07, 6.45) is 0.738. The van der Waals surface area contributed by atoms with Crippen molar-refractivity contribution in [3.05, 3.63) is 58.1 Å². The highest BCUT2D eigenvalue weighted by Gasteiger charge is 2.06. The molecular formula is C15H13ClO2. The van der Waals surface area contributed by atoms with Gasteiger partial charge in [0.1, 0.15) is 11.5 Å². The zero-order valence-electron chi connectivity index (χ0n) is 10.2. The number of hydrogen-bond donors (Lipinski definition) is 0. The van der Waals surface area contributed by atoms with E-state index in [4.69, 9.17) is 16.3 Å². The second kappa shape index (κ2) is 5.23. The molecule has 0 saturated heterocycles. The lowest BCUT2D eigenvalue weighted by atomic mass is 10.1. The van der Waals surface area contributed by atoms with E-state index in [0.717, 1.165) is 11.8 Å². The molecule has 0 spiro atoms. The molecule has 2 nitrogen and oxygen atoms in total. The molecule has 0 bridgehead atoms. The number of aryl methyl sites for hydroxylation is 2. The molecule has 0 radical (unpaired) electrons. The lowest BCUT2D eigenvalue weighted by molar-refractivity contribution is 0.112. The SMILES string of the molecule is Cc1ccc(Oc2ccc(Cl)cc2C=O)cc1C. The molecule has 0 amide bonds. The van der Waals surface area contributed by atoms with E-state index in [2.05, 4.69) is 0 Å². The number of aldehydes is 1. The molecule has 0 aliphatic rings. The van der Waals surface area contributed by atoms with Crippen LogP contribution in [0.1, 0.15) is 21.5 Å². The summed E-state index contributed by atoms with van der Waals surface area (Å²) in [5, 5.41) is 0.518. The highest BCUT2D eigenvalue weighted by atomic mass is 35.5. The average molecular weight is 261 g/mol. The molecule has 92 valence electrons. The van der Waals surface area contributed by atoms with Crippen LogP contribution in [-0.2, 0) is 0 Å². The summed E-state index contributed by atoms with van der Waals surface area (Å²) in [6, 6.07) is 10.8. The van der Waals surface area contributed by atoms with Gasteiger partial charge in [-0.3, -0.25) is 4.79 Å². The number of ether oxygens (including phenoxy) is 1. The number of halogens is 1. The first-order valence-electron chi connectivity index (χ1n) is 5.60. The van der Waals surface area contributed by atoms with E-state index in [9.17, 15) is 4.79 Å². The maximum absolute atomic E-state index is 11.0. The lowest BCUT2D eigenvalue weighted by Gasteiger charge is -2.09. The first-order chi connectivity index (χ1) is 8.60. The third kappa shape index (κ3) is 2.71. The predicted molar refractivity (Wildman–Crippen MR) is 72.8 cm³/mol. The summed E-state index contributed by atoms with van der Waals surface area (Å²) in [5.41, 5.74) is 2.80. The highest BCUT2D eigenvalue weighted by molar-refractivity contribution is 6.30. The van der Waals surface area contributed by atoms with Crippen molar-refractivity contribution >= 4 is 17.9 Å². The smallest absolute Gasteiger partial charge is 0.153 e. The molecule has 0 heterocycles. The summed E-state index contributed by atoms with van der Waals surface area (Å²) in [7, 11) is 0. The molecule has 0 atom stereocenters. The van der Waals surface area contributed by atoms with Crippen LogP contribution in [0, 0.1) is 13.8 Å². The van der Waals surface area contributed by atoms with E-state index < -0.39 is 0 Å². The van der Waals surface area contributed by atoms with Crippen LogP contribution in [0.3, 0.4) is 0 Å². The summed E-state index contributed by atoms with van der Waals surface area (Å²) in [6.45, 7) is 4.06. The topological polar surface area (TPSA) is 26.3 Å². The van der Waals surface area contributed by atoms with Gasteiger partial charge in [-0.05, 0) is 55.3 Å². The fourth-order valence-electron chi connectivity index (χ4n) is 1.61. The molecule has 0 fully saturated rings. The van der Waals surface area contributed by atoms with Crippen LogP contribution in [0.5, 0.6) is 11.5 Å². The Bertz CT molecular complexity index is 591. The van der Waals surface area contributed by atoms with Gasteiger partial charge in [-0.1, -0.05) is 17.7 Å². The molecule has 2 rings (SSSR count). The van der Waals surface area contributed by atoms with Crippen LogP contribution in [0.15, 0.2) is 36.4 Å². The molecule has 0 aliphatic carbocycles. The van der Waals surface area contributed by atoms with Crippen molar-refractivity contribution in [1.29, 1.82) is 0 Å². The minimum absolute atomic E-state index is 0.445. The minimum Gasteiger partial charge on any atom is -0.457 e. The average Bonchev–Trinajstić information content (AvgIpc) is 2.36. The Labute approximate surface area is 111 Å². The molecule has 2 aromatic rings. The summed E-state index contributed by atoms with van der Waals surface area (Å²) in [5.74, 6) is 1.22. The number of hydrogen-bond acceptors (Lipinski definition) is 2. The van der Waals surface area contributed by atoms with E-state index in [1.165, 1.54) is 5.56 Å². The Morgan fingerprint density at radius 1 is 1.06 bits per heavy atom. The van der Waals surface area contributed by atoms with Crippen LogP contribution in [0.2, 0.25) is 5.02 Å². The molecule has 0 N–H and O–H groups in total. The van der Waals surface area contributed by atoms with E-state index in [0.29, 0.717) is 22.1 Å².